The van der Waals surface area contributed by atoms with Crippen molar-refractivity contribution in [2.75, 3.05) is 19.7 Å². The quantitative estimate of drug-likeness (QED) is 0.760. The summed E-state index contributed by atoms with van der Waals surface area (Å²) in [5.41, 5.74) is -0.854. The lowest BCUT2D eigenvalue weighted by Crippen LogP contribution is -2.57. The van der Waals surface area contributed by atoms with Gasteiger partial charge in [0.1, 0.15) is 17.7 Å². The summed E-state index contributed by atoms with van der Waals surface area (Å²) in [5, 5.41) is 0. The minimum Gasteiger partial charge on any atom is -0.484 e. The third kappa shape index (κ3) is 4.41. The zero-order valence-corrected chi connectivity index (χ0v) is 13.4. The van der Waals surface area contributed by atoms with Crippen molar-refractivity contribution in [2.45, 2.75) is 12.3 Å². The number of alkyl halides is 3. The number of amides is 1. The Hall–Kier alpha value is -2.84. The average Bonchev–Trinajstić information content (AvgIpc) is 2.56. The molecule has 0 radical (unpaired) electrons. The predicted molar refractivity (Wildman–Crippen MR) is 82.1 cm³/mol. The molecule has 0 atom stereocenters. The van der Waals surface area contributed by atoms with Crippen LogP contribution in [0.5, 0.6) is 11.6 Å². The Labute approximate surface area is 146 Å². The summed E-state index contributed by atoms with van der Waals surface area (Å²) in [6.45, 7) is 0.375. The van der Waals surface area contributed by atoms with Crippen LogP contribution in [-0.4, -0.2) is 41.6 Å². The third-order valence-electron chi connectivity index (χ3n) is 3.73. The van der Waals surface area contributed by atoms with E-state index in [1.165, 1.54) is 29.2 Å². The van der Waals surface area contributed by atoms with E-state index in [0.717, 1.165) is 12.1 Å². The normalized spacial score (nSPS) is 14.7. The lowest BCUT2D eigenvalue weighted by molar-refractivity contribution is -0.142. The number of rotatable bonds is 5. The van der Waals surface area contributed by atoms with Crippen molar-refractivity contribution in [3.8, 4) is 11.6 Å². The first-order valence-electron chi connectivity index (χ1n) is 7.67. The number of hydrogen-bond donors (Lipinski definition) is 0. The van der Waals surface area contributed by atoms with Crippen molar-refractivity contribution in [3.63, 3.8) is 0 Å². The predicted octanol–water partition coefficient (Wildman–Crippen LogP) is 2.91. The maximum absolute atomic E-state index is 12.8. The van der Waals surface area contributed by atoms with Crippen LogP contribution in [0.4, 0.5) is 17.6 Å². The molecule has 1 aliphatic rings. The van der Waals surface area contributed by atoms with Gasteiger partial charge in [-0.25, -0.2) is 9.37 Å². The molecule has 0 aliphatic carbocycles. The highest BCUT2D eigenvalue weighted by atomic mass is 19.4. The molecule has 1 fully saturated rings. The summed E-state index contributed by atoms with van der Waals surface area (Å²) in [6.07, 6.45) is -4.09. The van der Waals surface area contributed by atoms with E-state index in [1.807, 2.05) is 0 Å². The zero-order chi connectivity index (χ0) is 18.7. The largest absolute Gasteiger partial charge is 0.484 e. The van der Waals surface area contributed by atoms with Crippen molar-refractivity contribution in [1.82, 2.24) is 9.88 Å². The van der Waals surface area contributed by atoms with Gasteiger partial charge >= 0.3 is 6.18 Å². The second kappa shape index (κ2) is 7.19. The molecule has 5 nitrogen and oxygen atoms in total. The Balaban J connectivity index is 1.42. The third-order valence-corrected chi connectivity index (χ3v) is 3.73. The van der Waals surface area contributed by atoms with Gasteiger partial charge in [0.05, 0.1) is 18.7 Å². The fourth-order valence-corrected chi connectivity index (χ4v) is 2.27. The first-order chi connectivity index (χ1) is 12.3. The van der Waals surface area contributed by atoms with Gasteiger partial charge in [0.2, 0.25) is 5.88 Å². The second-order valence-electron chi connectivity index (χ2n) is 5.66. The van der Waals surface area contributed by atoms with Crippen molar-refractivity contribution in [1.29, 1.82) is 0 Å². The van der Waals surface area contributed by atoms with Crippen LogP contribution >= 0.6 is 0 Å². The van der Waals surface area contributed by atoms with Crippen LogP contribution in [-0.2, 0) is 11.0 Å². The molecule has 1 aromatic heterocycles. The second-order valence-corrected chi connectivity index (χ2v) is 5.66. The van der Waals surface area contributed by atoms with Gasteiger partial charge in [0.15, 0.2) is 6.61 Å². The highest BCUT2D eigenvalue weighted by Crippen LogP contribution is 2.29. The molecule has 0 saturated carbocycles. The van der Waals surface area contributed by atoms with E-state index in [1.54, 1.807) is 0 Å². The number of pyridine rings is 1. The summed E-state index contributed by atoms with van der Waals surface area (Å²) in [6, 6.07) is 7.32. The van der Waals surface area contributed by atoms with Crippen molar-refractivity contribution in [3.05, 3.63) is 54.0 Å². The van der Waals surface area contributed by atoms with Crippen LogP contribution in [0.15, 0.2) is 42.6 Å². The molecule has 138 valence electrons. The first-order valence-corrected chi connectivity index (χ1v) is 7.67. The minimum atomic E-state index is -4.45. The van der Waals surface area contributed by atoms with Crippen LogP contribution in [0.1, 0.15) is 5.56 Å². The number of aromatic nitrogens is 1. The molecule has 2 heterocycles. The molecular formula is C17H14F4N2O3. The number of likely N-dealkylation sites (tertiary alicyclic amines) is 1. The molecule has 1 saturated heterocycles. The van der Waals surface area contributed by atoms with Gasteiger partial charge in [-0.15, -0.1) is 0 Å². The van der Waals surface area contributed by atoms with E-state index in [0.29, 0.717) is 11.9 Å². The first kappa shape index (κ1) is 18.0. The van der Waals surface area contributed by atoms with Gasteiger partial charge in [0, 0.05) is 12.3 Å². The maximum atomic E-state index is 12.8. The molecule has 3 rings (SSSR count). The summed E-state index contributed by atoms with van der Waals surface area (Å²) in [5.74, 6) is -0.225. The van der Waals surface area contributed by atoms with E-state index in [-0.39, 0.29) is 37.6 Å². The molecule has 26 heavy (non-hydrogen) atoms. The number of carbonyl (C=O) groups is 1. The molecule has 1 aliphatic heterocycles. The fourth-order valence-electron chi connectivity index (χ4n) is 2.27. The van der Waals surface area contributed by atoms with Crippen molar-refractivity contribution >= 4 is 5.91 Å². The van der Waals surface area contributed by atoms with E-state index >= 15 is 0 Å². The van der Waals surface area contributed by atoms with Crippen LogP contribution in [0.2, 0.25) is 0 Å². The highest BCUT2D eigenvalue weighted by Gasteiger charge is 2.33. The van der Waals surface area contributed by atoms with E-state index in [4.69, 9.17) is 9.47 Å². The summed E-state index contributed by atoms with van der Waals surface area (Å²) < 4.78 is 60.8. The van der Waals surface area contributed by atoms with Gasteiger partial charge in [-0.3, -0.25) is 4.79 Å². The Kier molecular flexibility index (Phi) is 4.97. The molecule has 0 spiro atoms. The zero-order valence-electron chi connectivity index (χ0n) is 13.4. The van der Waals surface area contributed by atoms with Crippen LogP contribution in [0, 0.1) is 5.82 Å². The molecular weight excluding hydrogens is 356 g/mol. The molecule has 1 aromatic carbocycles. The maximum Gasteiger partial charge on any atom is 0.417 e. The van der Waals surface area contributed by atoms with Crippen LogP contribution in [0.25, 0.3) is 0 Å². The lowest BCUT2D eigenvalue weighted by Gasteiger charge is -2.38. The fraction of sp³-hybridized carbons (Fsp3) is 0.294. The molecule has 1 amide bonds. The number of halogens is 4. The van der Waals surface area contributed by atoms with Gasteiger partial charge in [-0.1, -0.05) is 0 Å². The van der Waals surface area contributed by atoms with E-state index < -0.39 is 17.6 Å². The molecule has 0 N–H and O–H groups in total. The van der Waals surface area contributed by atoms with E-state index in [9.17, 15) is 22.4 Å². The standard InChI is InChI=1S/C17H14F4N2O3/c18-12-2-4-13(5-3-12)25-10-16(24)23-8-14(9-23)26-15-6-1-11(7-22-15)17(19,20)21/h1-7,14H,8-10H2. The summed E-state index contributed by atoms with van der Waals surface area (Å²) in [7, 11) is 0. The van der Waals surface area contributed by atoms with Crippen LogP contribution in [0.3, 0.4) is 0 Å². The summed E-state index contributed by atoms with van der Waals surface area (Å²) >= 11 is 0. The number of benzene rings is 1. The minimum absolute atomic E-state index is 0.0673. The van der Waals surface area contributed by atoms with E-state index in [2.05, 4.69) is 4.98 Å². The molecule has 9 heteroatoms. The van der Waals surface area contributed by atoms with Gasteiger partial charge in [0.25, 0.3) is 5.91 Å². The topological polar surface area (TPSA) is 51.7 Å². The smallest absolute Gasteiger partial charge is 0.417 e. The lowest BCUT2D eigenvalue weighted by atomic mass is 10.1. The Morgan fingerprint density at radius 2 is 1.85 bits per heavy atom. The number of hydrogen-bond acceptors (Lipinski definition) is 4. The van der Waals surface area contributed by atoms with Gasteiger partial charge in [-0.05, 0) is 30.3 Å². The van der Waals surface area contributed by atoms with Crippen LogP contribution < -0.4 is 9.47 Å². The number of carbonyl (C=O) groups excluding carboxylic acids is 1. The Bertz CT molecular complexity index is 757. The molecule has 2 aromatic rings. The monoisotopic (exact) mass is 370 g/mol. The summed E-state index contributed by atoms with van der Waals surface area (Å²) in [4.78, 5) is 17.1. The Morgan fingerprint density at radius 3 is 2.42 bits per heavy atom. The highest BCUT2D eigenvalue weighted by molar-refractivity contribution is 5.78. The van der Waals surface area contributed by atoms with Gasteiger partial charge in [-0.2, -0.15) is 13.2 Å². The molecule has 0 bridgehead atoms. The van der Waals surface area contributed by atoms with Gasteiger partial charge < -0.3 is 14.4 Å². The molecule has 0 unspecified atom stereocenters. The average molecular weight is 370 g/mol. The SMILES string of the molecule is O=C(COc1ccc(F)cc1)N1CC(Oc2ccc(C(F)(F)F)cn2)C1. The number of nitrogens with zero attached hydrogens (tertiary/aromatic N) is 2. The Morgan fingerprint density at radius 1 is 1.15 bits per heavy atom. The number of ether oxygens (including phenoxy) is 2. The van der Waals surface area contributed by atoms with Crippen molar-refractivity contribution in [2.24, 2.45) is 0 Å². The van der Waals surface area contributed by atoms with Crippen molar-refractivity contribution < 1.29 is 31.8 Å².